The summed E-state index contributed by atoms with van der Waals surface area (Å²) in [7, 11) is 0. The zero-order valence-corrected chi connectivity index (χ0v) is 20.5. The zero-order chi connectivity index (χ0) is 23.4. The fraction of sp³-hybridized carbons (Fsp3) is 0.346. The molecule has 0 bridgehead atoms. The van der Waals surface area contributed by atoms with Crippen LogP contribution in [0.5, 0.6) is 0 Å². The second-order valence-corrected chi connectivity index (χ2v) is 9.40. The summed E-state index contributed by atoms with van der Waals surface area (Å²) in [6.45, 7) is 9.21. The van der Waals surface area contributed by atoms with Crippen LogP contribution < -0.4 is 10.2 Å². The molecule has 2 aromatic carbocycles. The van der Waals surface area contributed by atoms with E-state index in [-0.39, 0.29) is 6.03 Å². The van der Waals surface area contributed by atoms with Gasteiger partial charge in [0, 0.05) is 53.6 Å². The van der Waals surface area contributed by atoms with Gasteiger partial charge in [0.15, 0.2) is 5.82 Å². The van der Waals surface area contributed by atoms with Gasteiger partial charge >= 0.3 is 6.03 Å². The summed E-state index contributed by atoms with van der Waals surface area (Å²) in [5.74, 6) is 2.06. The molecule has 0 radical (unpaired) electrons. The number of anilines is 2. The lowest BCUT2D eigenvalue weighted by molar-refractivity contribution is 0.208. The quantitative estimate of drug-likeness (QED) is 0.498. The fourth-order valence-electron chi connectivity index (χ4n) is 4.20. The summed E-state index contributed by atoms with van der Waals surface area (Å²) in [6, 6.07) is 18.0. The molecular formula is C26H31N5OS. The fourth-order valence-corrected chi connectivity index (χ4v) is 4.61. The first-order chi connectivity index (χ1) is 16.0. The van der Waals surface area contributed by atoms with E-state index in [2.05, 4.69) is 31.0 Å². The summed E-state index contributed by atoms with van der Waals surface area (Å²) in [5, 5.41) is 3.02. The molecule has 0 aliphatic carbocycles. The van der Waals surface area contributed by atoms with E-state index in [1.54, 1.807) is 11.8 Å². The van der Waals surface area contributed by atoms with E-state index in [0.29, 0.717) is 19.0 Å². The summed E-state index contributed by atoms with van der Waals surface area (Å²) in [6.07, 6.45) is 2.04. The number of nitrogens with one attached hydrogen (secondary N) is 1. The van der Waals surface area contributed by atoms with Crippen molar-refractivity contribution in [3.05, 3.63) is 65.9 Å². The number of carbonyl (C=O) groups is 1. The predicted octanol–water partition coefficient (Wildman–Crippen LogP) is 5.65. The highest BCUT2D eigenvalue weighted by molar-refractivity contribution is 7.98. The van der Waals surface area contributed by atoms with Gasteiger partial charge in [-0.1, -0.05) is 44.2 Å². The van der Waals surface area contributed by atoms with Crippen LogP contribution >= 0.6 is 11.8 Å². The van der Waals surface area contributed by atoms with Crippen LogP contribution in [0.25, 0.3) is 11.4 Å². The van der Waals surface area contributed by atoms with E-state index < -0.39 is 0 Å². The number of aryl methyl sites for hydroxylation is 1. The average molecular weight is 462 g/mol. The molecule has 2 amide bonds. The van der Waals surface area contributed by atoms with Crippen LogP contribution in [-0.2, 0) is 0 Å². The van der Waals surface area contributed by atoms with Crippen molar-refractivity contribution in [2.24, 2.45) is 0 Å². The summed E-state index contributed by atoms with van der Waals surface area (Å²) in [4.78, 5) is 28.0. The SMILES string of the molecule is CSc1ccc(NC(=O)N2CCN(c3nc(-c4ccccc4)nc(C)c3C(C)C)CC2)cc1. The normalized spacial score (nSPS) is 14.0. The summed E-state index contributed by atoms with van der Waals surface area (Å²) in [5.41, 5.74) is 4.04. The van der Waals surface area contributed by atoms with Gasteiger partial charge in [-0.25, -0.2) is 14.8 Å². The number of urea groups is 1. The number of hydrogen-bond donors (Lipinski definition) is 1. The van der Waals surface area contributed by atoms with Crippen LogP contribution in [0.3, 0.4) is 0 Å². The Hall–Kier alpha value is -3.06. The van der Waals surface area contributed by atoms with E-state index in [1.165, 1.54) is 10.5 Å². The first kappa shape index (κ1) is 23.1. The van der Waals surface area contributed by atoms with Gasteiger partial charge in [-0.05, 0) is 43.4 Å². The highest BCUT2D eigenvalue weighted by Crippen LogP contribution is 2.31. The molecule has 1 saturated heterocycles. The lowest BCUT2D eigenvalue weighted by atomic mass is 10.0. The molecule has 1 aromatic heterocycles. The first-order valence-corrected chi connectivity index (χ1v) is 12.6. The van der Waals surface area contributed by atoms with E-state index in [9.17, 15) is 4.79 Å². The van der Waals surface area contributed by atoms with Crippen molar-refractivity contribution >= 4 is 29.3 Å². The van der Waals surface area contributed by atoms with E-state index >= 15 is 0 Å². The Morgan fingerprint density at radius 2 is 1.64 bits per heavy atom. The second kappa shape index (κ2) is 10.3. The largest absolute Gasteiger partial charge is 0.353 e. The molecule has 7 heteroatoms. The van der Waals surface area contributed by atoms with Gasteiger partial charge in [0.25, 0.3) is 0 Å². The standard InChI is InChI=1S/C26H31N5OS/c1-18(2)23-19(3)27-24(20-8-6-5-7-9-20)29-25(23)30-14-16-31(17-15-30)26(32)28-21-10-12-22(33-4)13-11-21/h5-13,18H,14-17H2,1-4H3,(H,28,32). The Balaban J connectivity index is 1.49. The third-order valence-corrected chi connectivity index (χ3v) is 6.68. The summed E-state index contributed by atoms with van der Waals surface area (Å²) >= 11 is 1.69. The maximum atomic E-state index is 12.8. The molecule has 1 aliphatic heterocycles. The van der Waals surface area contributed by atoms with E-state index in [0.717, 1.165) is 41.7 Å². The number of hydrogen-bond acceptors (Lipinski definition) is 5. The molecule has 33 heavy (non-hydrogen) atoms. The van der Waals surface area contributed by atoms with Gasteiger partial charge in [0.1, 0.15) is 5.82 Å². The highest BCUT2D eigenvalue weighted by Gasteiger charge is 2.26. The smallest absolute Gasteiger partial charge is 0.321 e. The monoisotopic (exact) mass is 461 g/mol. The maximum Gasteiger partial charge on any atom is 0.321 e. The Bertz CT molecular complexity index is 1090. The van der Waals surface area contributed by atoms with Crippen LogP contribution in [0.1, 0.15) is 31.0 Å². The number of thioether (sulfide) groups is 1. The van der Waals surface area contributed by atoms with Crippen molar-refractivity contribution in [3.63, 3.8) is 0 Å². The number of benzene rings is 2. The number of carbonyl (C=O) groups excluding carboxylic acids is 1. The third-order valence-electron chi connectivity index (χ3n) is 5.93. The van der Waals surface area contributed by atoms with Gasteiger partial charge in [-0.3, -0.25) is 0 Å². The highest BCUT2D eigenvalue weighted by atomic mass is 32.2. The molecule has 0 spiro atoms. The molecule has 2 heterocycles. The number of piperazine rings is 1. The van der Waals surface area contributed by atoms with Crippen molar-refractivity contribution in [2.75, 3.05) is 42.7 Å². The molecule has 1 aliphatic rings. The van der Waals surface area contributed by atoms with E-state index in [1.807, 2.05) is 65.8 Å². The van der Waals surface area contributed by atoms with E-state index in [4.69, 9.17) is 9.97 Å². The van der Waals surface area contributed by atoms with Crippen LogP contribution in [-0.4, -0.2) is 53.3 Å². The molecule has 1 fully saturated rings. The number of nitrogens with zero attached hydrogens (tertiary/aromatic N) is 4. The van der Waals surface area contributed by atoms with Gasteiger partial charge < -0.3 is 15.1 Å². The van der Waals surface area contributed by atoms with Crippen LogP contribution in [0.2, 0.25) is 0 Å². The van der Waals surface area contributed by atoms with Crippen LogP contribution in [0.4, 0.5) is 16.3 Å². The molecule has 3 aromatic rings. The lowest BCUT2D eigenvalue weighted by Crippen LogP contribution is -2.50. The van der Waals surface area contributed by atoms with Gasteiger partial charge in [0.05, 0.1) is 0 Å². The maximum absolute atomic E-state index is 12.8. The third kappa shape index (κ3) is 5.30. The van der Waals surface area contributed by atoms with Gasteiger partial charge in [-0.2, -0.15) is 0 Å². The average Bonchev–Trinajstić information content (AvgIpc) is 2.84. The molecule has 6 nitrogen and oxygen atoms in total. The molecule has 4 rings (SSSR count). The Kier molecular flexibility index (Phi) is 7.18. The predicted molar refractivity (Wildman–Crippen MR) is 137 cm³/mol. The number of aromatic nitrogens is 2. The number of rotatable bonds is 5. The molecule has 0 saturated carbocycles. The Morgan fingerprint density at radius 1 is 0.970 bits per heavy atom. The molecule has 1 N–H and O–H groups in total. The number of amides is 2. The second-order valence-electron chi connectivity index (χ2n) is 8.52. The van der Waals surface area contributed by atoms with Gasteiger partial charge in [-0.15, -0.1) is 11.8 Å². The lowest BCUT2D eigenvalue weighted by Gasteiger charge is -2.37. The Labute approximate surface area is 200 Å². The van der Waals surface area contributed by atoms with Crippen molar-refractivity contribution in [3.8, 4) is 11.4 Å². The first-order valence-electron chi connectivity index (χ1n) is 11.3. The van der Waals surface area contributed by atoms with Crippen molar-refractivity contribution in [1.82, 2.24) is 14.9 Å². The van der Waals surface area contributed by atoms with Gasteiger partial charge in [0.2, 0.25) is 0 Å². The minimum atomic E-state index is -0.0560. The Morgan fingerprint density at radius 3 is 2.24 bits per heavy atom. The summed E-state index contributed by atoms with van der Waals surface area (Å²) < 4.78 is 0. The van der Waals surface area contributed by atoms with Crippen LogP contribution in [0.15, 0.2) is 59.5 Å². The molecular weight excluding hydrogens is 430 g/mol. The minimum absolute atomic E-state index is 0.0560. The van der Waals surface area contributed by atoms with Crippen molar-refractivity contribution in [2.45, 2.75) is 31.6 Å². The minimum Gasteiger partial charge on any atom is -0.353 e. The van der Waals surface area contributed by atoms with Crippen LogP contribution in [0, 0.1) is 6.92 Å². The molecule has 172 valence electrons. The van der Waals surface area contributed by atoms with Crippen molar-refractivity contribution in [1.29, 1.82) is 0 Å². The molecule has 0 atom stereocenters. The van der Waals surface area contributed by atoms with Crippen molar-refractivity contribution < 1.29 is 4.79 Å². The zero-order valence-electron chi connectivity index (χ0n) is 19.7. The molecule has 0 unspecified atom stereocenters. The topological polar surface area (TPSA) is 61.4 Å².